The number of likely N-dealkylation sites (tertiary alicyclic amines) is 1. The van der Waals surface area contributed by atoms with Gasteiger partial charge in [0.1, 0.15) is 17.8 Å². The van der Waals surface area contributed by atoms with Crippen LogP contribution in [0.2, 0.25) is 0 Å². The van der Waals surface area contributed by atoms with E-state index in [9.17, 15) is 13.2 Å². The molecular weight excluding hydrogens is 385 g/mol. The lowest BCUT2D eigenvalue weighted by atomic mass is 10.2. The molecule has 0 amide bonds. The van der Waals surface area contributed by atoms with Crippen LogP contribution in [0, 0.1) is 0 Å². The van der Waals surface area contributed by atoms with Crippen LogP contribution in [0.25, 0.3) is 0 Å². The molecule has 1 atom stereocenters. The maximum atomic E-state index is 12.7. The van der Waals surface area contributed by atoms with Crippen LogP contribution in [-0.2, 0) is 12.7 Å². The summed E-state index contributed by atoms with van der Waals surface area (Å²) in [7, 11) is 0. The lowest BCUT2D eigenvalue weighted by molar-refractivity contribution is -0.141. The van der Waals surface area contributed by atoms with Crippen LogP contribution >= 0.6 is 15.9 Å². The van der Waals surface area contributed by atoms with Gasteiger partial charge in [0.25, 0.3) is 0 Å². The van der Waals surface area contributed by atoms with Crippen LogP contribution in [0.1, 0.15) is 17.7 Å². The fourth-order valence-corrected chi connectivity index (χ4v) is 3.01. The Morgan fingerprint density at radius 3 is 2.67 bits per heavy atom. The van der Waals surface area contributed by atoms with Gasteiger partial charge in [0, 0.05) is 36.2 Å². The van der Waals surface area contributed by atoms with Crippen molar-refractivity contribution < 1.29 is 13.2 Å². The first-order chi connectivity index (χ1) is 11.4. The summed E-state index contributed by atoms with van der Waals surface area (Å²) in [6, 6.07) is 9.16. The van der Waals surface area contributed by atoms with Crippen LogP contribution in [-0.4, -0.2) is 34.0 Å². The molecule has 1 aromatic heterocycles. The van der Waals surface area contributed by atoms with Crippen molar-refractivity contribution in [2.45, 2.75) is 25.2 Å². The molecule has 1 fully saturated rings. The second kappa shape index (κ2) is 7.06. The number of nitrogens with one attached hydrogen (secondary N) is 1. The lowest BCUT2D eigenvalue weighted by Gasteiger charge is -2.17. The number of rotatable bonds is 4. The molecule has 1 saturated heterocycles. The van der Waals surface area contributed by atoms with E-state index in [0.29, 0.717) is 0 Å². The Morgan fingerprint density at radius 2 is 1.96 bits per heavy atom. The van der Waals surface area contributed by atoms with Gasteiger partial charge in [-0.3, -0.25) is 4.90 Å². The summed E-state index contributed by atoms with van der Waals surface area (Å²) in [5, 5.41) is 3.08. The molecular formula is C16H16BrF3N4. The number of halogens is 4. The molecule has 0 aliphatic carbocycles. The van der Waals surface area contributed by atoms with Gasteiger partial charge in [-0.15, -0.1) is 0 Å². The Balaban J connectivity index is 1.57. The summed E-state index contributed by atoms with van der Waals surface area (Å²) in [4.78, 5) is 9.43. The summed E-state index contributed by atoms with van der Waals surface area (Å²) in [5.41, 5.74) is 0.282. The van der Waals surface area contributed by atoms with E-state index in [1.165, 1.54) is 5.56 Å². The highest BCUT2D eigenvalue weighted by Crippen LogP contribution is 2.28. The molecule has 0 radical (unpaired) electrons. The second-order valence-electron chi connectivity index (χ2n) is 5.78. The maximum absolute atomic E-state index is 12.7. The SMILES string of the molecule is FC(F)(F)c1cc(NC2CCN(Cc3ccc(Br)cc3)C2)ncn1. The minimum atomic E-state index is -4.46. The van der Waals surface area contributed by atoms with Crippen LogP contribution in [0.4, 0.5) is 19.0 Å². The van der Waals surface area contributed by atoms with Gasteiger partial charge in [0.05, 0.1) is 0 Å². The molecule has 24 heavy (non-hydrogen) atoms. The van der Waals surface area contributed by atoms with E-state index in [-0.39, 0.29) is 11.9 Å². The van der Waals surface area contributed by atoms with Gasteiger partial charge < -0.3 is 5.32 Å². The number of hydrogen-bond donors (Lipinski definition) is 1. The lowest BCUT2D eigenvalue weighted by Crippen LogP contribution is -2.26. The first kappa shape index (κ1) is 17.2. The predicted molar refractivity (Wildman–Crippen MR) is 88.5 cm³/mol. The van der Waals surface area contributed by atoms with Gasteiger partial charge in [0.2, 0.25) is 0 Å². The van der Waals surface area contributed by atoms with Gasteiger partial charge >= 0.3 is 6.18 Å². The van der Waals surface area contributed by atoms with Crippen molar-refractivity contribution in [3.8, 4) is 0 Å². The zero-order valence-corrected chi connectivity index (χ0v) is 14.3. The quantitative estimate of drug-likeness (QED) is 0.843. The Morgan fingerprint density at radius 1 is 1.21 bits per heavy atom. The van der Waals surface area contributed by atoms with Crippen molar-refractivity contribution in [1.82, 2.24) is 14.9 Å². The minimum Gasteiger partial charge on any atom is -0.366 e. The molecule has 4 nitrogen and oxygen atoms in total. The molecule has 1 aromatic carbocycles. The van der Waals surface area contributed by atoms with E-state index in [1.54, 1.807) is 0 Å². The summed E-state index contributed by atoms with van der Waals surface area (Å²) in [6.07, 6.45) is -2.65. The summed E-state index contributed by atoms with van der Waals surface area (Å²) in [5.74, 6) is 0.216. The number of hydrogen-bond acceptors (Lipinski definition) is 4. The Kier molecular flexibility index (Phi) is 5.05. The highest BCUT2D eigenvalue weighted by Gasteiger charge is 2.33. The van der Waals surface area contributed by atoms with Crippen molar-refractivity contribution in [2.75, 3.05) is 18.4 Å². The van der Waals surface area contributed by atoms with Crippen LogP contribution in [0.3, 0.4) is 0 Å². The number of alkyl halides is 3. The highest BCUT2D eigenvalue weighted by molar-refractivity contribution is 9.10. The van der Waals surface area contributed by atoms with Crippen LogP contribution < -0.4 is 5.32 Å². The first-order valence-corrected chi connectivity index (χ1v) is 8.32. The topological polar surface area (TPSA) is 41.0 Å². The zero-order valence-electron chi connectivity index (χ0n) is 12.7. The van der Waals surface area contributed by atoms with E-state index >= 15 is 0 Å². The standard InChI is InChI=1S/C16H16BrF3N4/c17-12-3-1-11(2-4-12)8-24-6-5-13(9-24)23-15-7-14(16(18,19)20)21-10-22-15/h1-4,7,10,13H,5-6,8-9H2,(H,21,22,23). The van der Waals surface area contributed by atoms with Gasteiger partial charge in [-0.25, -0.2) is 9.97 Å². The van der Waals surface area contributed by atoms with E-state index in [4.69, 9.17) is 0 Å². The van der Waals surface area contributed by atoms with Crippen LogP contribution in [0.15, 0.2) is 41.1 Å². The van der Waals surface area contributed by atoms with E-state index in [2.05, 4.69) is 48.2 Å². The monoisotopic (exact) mass is 400 g/mol. The molecule has 128 valence electrons. The van der Waals surface area contributed by atoms with E-state index in [0.717, 1.165) is 42.9 Å². The van der Waals surface area contributed by atoms with E-state index < -0.39 is 11.9 Å². The third-order valence-electron chi connectivity index (χ3n) is 3.90. The Hall–Kier alpha value is -1.67. The molecule has 8 heteroatoms. The summed E-state index contributed by atoms with van der Waals surface area (Å²) in [6.45, 7) is 2.48. The fraction of sp³-hybridized carbons (Fsp3) is 0.375. The molecule has 1 aliphatic rings. The maximum Gasteiger partial charge on any atom is 0.433 e. The smallest absolute Gasteiger partial charge is 0.366 e. The second-order valence-corrected chi connectivity index (χ2v) is 6.69. The van der Waals surface area contributed by atoms with Crippen molar-refractivity contribution in [1.29, 1.82) is 0 Å². The van der Waals surface area contributed by atoms with Gasteiger partial charge in [0.15, 0.2) is 0 Å². The molecule has 0 saturated carbocycles. The average Bonchev–Trinajstić information content (AvgIpc) is 2.96. The number of anilines is 1. The zero-order chi connectivity index (χ0) is 17.2. The molecule has 0 bridgehead atoms. The van der Waals surface area contributed by atoms with Gasteiger partial charge in [-0.2, -0.15) is 13.2 Å². The summed E-state index contributed by atoms with van der Waals surface area (Å²) < 4.78 is 39.1. The van der Waals surface area contributed by atoms with Crippen molar-refractivity contribution in [3.05, 3.63) is 52.4 Å². The summed E-state index contributed by atoms with van der Waals surface area (Å²) >= 11 is 3.41. The van der Waals surface area contributed by atoms with Crippen molar-refractivity contribution >= 4 is 21.7 Å². The minimum absolute atomic E-state index is 0.0800. The van der Waals surface area contributed by atoms with Gasteiger partial charge in [-0.05, 0) is 24.1 Å². The predicted octanol–water partition coefficient (Wildman–Crippen LogP) is 3.94. The number of benzene rings is 1. The average molecular weight is 401 g/mol. The highest BCUT2D eigenvalue weighted by atomic mass is 79.9. The molecule has 0 spiro atoms. The third kappa shape index (κ3) is 4.45. The number of nitrogens with zero attached hydrogens (tertiary/aromatic N) is 3. The molecule has 1 aliphatic heterocycles. The fourth-order valence-electron chi connectivity index (χ4n) is 2.74. The Bertz CT molecular complexity index is 690. The van der Waals surface area contributed by atoms with Crippen molar-refractivity contribution in [3.63, 3.8) is 0 Å². The molecule has 3 rings (SSSR count). The van der Waals surface area contributed by atoms with E-state index in [1.807, 2.05) is 12.1 Å². The normalized spacial score (nSPS) is 18.8. The van der Waals surface area contributed by atoms with Crippen LogP contribution in [0.5, 0.6) is 0 Å². The number of aromatic nitrogens is 2. The molecule has 1 N–H and O–H groups in total. The Labute approximate surface area is 146 Å². The molecule has 2 heterocycles. The van der Waals surface area contributed by atoms with Crippen molar-refractivity contribution in [2.24, 2.45) is 0 Å². The molecule has 1 unspecified atom stereocenters. The third-order valence-corrected chi connectivity index (χ3v) is 4.43. The van der Waals surface area contributed by atoms with Gasteiger partial charge in [-0.1, -0.05) is 28.1 Å². The first-order valence-electron chi connectivity index (χ1n) is 7.53. The molecule has 2 aromatic rings. The largest absolute Gasteiger partial charge is 0.433 e.